The molecule has 0 aliphatic heterocycles. The second kappa shape index (κ2) is 11.9. The van der Waals surface area contributed by atoms with E-state index < -0.39 is 5.69 Å². The molecule has 0 saturated carbocycles. The van der Waals surface area contributed by atoms with Gasteiger partial charge in [0.25, 0.3) is 5.69 Å². The van der Waals surface area contributed by atoms with E-state index in [4.69, 9.17) is 44.1 Å². The minimum Gasteiger partial charge on any atom is -0.322 e. The minimum atomic E-state index is -2.45. The van der Waals surface area contributed by atoms with E-state index in [1.54, 1.807) is 36.2 Å². The highest BCUT2D eigenvalue weighted by molar-refractivity contribution is 8.78. The molecule has 0 fully saturated rings. The molecule has 0 aliphatic carbocycles. The Kier molecular flexibility index (Phi) is 11.1. The lowest BCUT2D eigenvalue weighted by Gasteiger charge is -2.19. The van der Waals surface area contributed by atoms with Crippen molar-refractivity contribution in [3.63, 3.8) is 0 Å². The molecule has 0 saturated heterocycles. The molecule has 10 heteroatoms. The Labute approximate surface area is 166 Å². The highest BCUT2D eigenvalue weighted by Gasteiger charge is 2.22. The summed E-state index contributed by atoms with van der Waals surface area (Å²) in [4.78, 5) is 0. The van der Waals surface area contributed by atoms with Crippen LogP contribution in [0.15, 0.2) is 28.4 Å². The molecule has 0 spiro atoms. The van der Waals surface area contributed by atoms with Crippen molar-refractivity contribution < 1.29 is 9.05 Å². The van der Waals surface area contributed by atoms with Gasteiger partial charge < -0.3 is 9.05 Å². The van der Waals surface area contributed by atoms with Crippen LogP contribution < -0.4 is 0 Å². The normalized spacial score (nSPS) is 13.0. The summed E-state index contributed by atoms with van der Waals surface area (Å²) in [5, 5.41) is 9.45. The van der Waals surface area contributed by atoms with E-state index in [1.165, 1.54) is 11.4 Å². The van der Waals surface area contributed by atoms with E-state index in [1.807, 2.05) is 20.8 Å². The van der Waals surface area contributed by atoms with Crippen LogP contribution in [0.3, 0.4) is 0 Å². The first-order chi connectivity index (χ1) is 11.4. The number of rotatable bonds is 8. The van der Waals surface area contributed by atoms with Crippen LogP contribution in [-0.2, 0) is 20.9 Å². The van der Waals surface area contributed by atoms with Crippen molar-refractivity contribution >= 4 is 74.4 Å². The second-order valence-electron chi connectivity index (χ2n) is 4.08. The second-order valence-corrected chi connectivity index (χ2v) is 12.5. The molecule has 0 radical (unpaired) electrons. The molecule has 0 atom stereocenters. The summed E-state index contributed by atoms with van der Waals surface area (Å²) in [5.74, 6) is 0.844. The fourth-order valence-electron chi connectivity index (χ4n) is 1.44. The number of thioether (sulfide) groups is 1. The van der Waals surface area contributed by atoms with Gasteiger partial charge in [-0.05, 0) is 54.9 Å². The molecular weight excluding hydrogens is 426 g/mol. The minimum absolute atomic E-state index is 0.498. The molecule has 0 N–H and O–H groups in total. The van der Waals surface area contributed by atoms with Crippen molar-refractivity contribution in [3.05, 3.63) is 33.8 Å². The molecule has 4 nitrogen and oxygen atoms in total. The van der Waals surface area contributed by atoms with E-state index >= 15 is 0 Å². The Morgan fingerprint density at radius 3 is 2.46 bits per heavy atom. The van der Waals surface area contributed by atoms with Crippen LogP contribution in [0, 0.1) is 0 Å². The van der Waals surface area contributed by atoms with Crippen molar-refractivity contribution in [2.24, 2.45) is 10.2 Å². The van der Waals surface area contributed by atoms with Gasteiger partial charge in [-0.3, -0.25) is 0 Å². The quantitative estimate of drug-likeness (QED) is 0.199. The van der Waals surface area contributed by atoms with Gasteiger partial charge in [-0.2, -0.15) is 5.10 Å². The summed E-state index contributed by atoms with van der Waals surface area (Å²) in [6, 6.07) is 5.20. The van der Waals surface area contributed by atoms with Crippen molar-refractivity contribution in [3.8, 4) is 0 Å². The third-order valence-electron chi connectivity index (χ3n) is 2.33. The Morgan fingerprint density at radius 2 is 1.92 bits per heavy atom. The monoisotopic (exact) mass is 444 g/mol. The lowest BCUT2D eigenvalue weighted by Crippen LogP contribution is -1.95. The summed E-state index contributed by atoms with van der Waals surface area (Å²) in [7, 11) is 0. The van der Waals surface area contributed by atoms with E-state index in [-0.39, 0.29) is 0 Å². The molecule has 0 heterocycles. The maximum absolute atomic E-state index is 6.11. The van der Waals surface area contributed by atoms with Crippen LogP contribution in [0.2, 0.25) is 10.0 Å². The first-order valence-electron chi connectivity index (χ1n) is 7.21. The molecule has 24 heavy (non-hydrogen) atoms. The molecule has 1 rings (SSSR count). The number of halogens is 2. The lowest BCUT2D eigenvalue weighted by atomic mass is 10.2. The Bertz CT molecular complexity index is 634. The van der Waals surface area contributed by atoms with Crippen molar-refractivity contribution in [2.75, 3.05) is 19.0 Å². The first-order valence-corrected chi connectivity index (χ1v) is 13.0. The molecule has 0 bridgehead atoms. The first kappa shape index (κ1) is 22.5. The molecule has 0 aliphatic rings. The zero-order valence-corrected chi connectivity index (χ0v) is 18.4. The Morgan fingerprint density at radius 1 is 1.25 bits per heavy atom. The van der Waals surface area contributed by atoms with E-state index in [9.17, 15) is 0 Å². The van der Waals surface area contributed by atoms with Crippen molar-refractivity contribution in [2.45, 2.75) is 20.8 Å². The van der Waals surface area contributed by atoms with Gasteiger partial charge in [0.15, 0.2) is 4.38 Å². The van der Waals surface area contributed by atoms with Gasteiger partial charge in [-0.1, -0.05) is 48.0 Å². The van der Waals surface area contributed by atoms with Crippen molar-refractivity contribution in [1.29, 1.82) is 0 Å². The van der Waals surface area contributed by atoms with Crippen LogP contribution in [-0.4, -0.2) is 29.6 Å². The molecule has 0 aromatic heterocycles. The van der Waals surface area contributed by atoms with Gasteiger partial charge in [-0.25, -0.2) is 0 Å². The van der Waals surface area contributed by atoms with Gasteiger partial charge in [-0.15, -0.1) is 5.10 Å². The van der Waals surface area contributed by atoms with Gasteiger partial charge in [0.05, 0.1) is 24.5 Å². The summed E-state index contributed by atoms with van der Waals surface area (Å²) in [6.07, 6.45) is 1.58. The van der Waals surface area contributed by atoms with E-state index in [2.05, 4.69) is 10.2 Å². The summed E-state index contributed by atoms with van der Waals surface area (Å²) >= 11 is 20.4. The average Bonchev–Trinajstić information content (AvgIpc) is 2.50. The van der Waals surface area contributed by atoms with Gasteiger partial charge >= 0.3 is 0 Å². The zero-order chi connectivity index (χ0) is 18.0. The van der Waals surface area contributed by atoms with Crippen LogP contribution in [0.25, 0.3) is 0 Å². The summed E-state index contributed by atoms with van der Waals surface area (Å²) in [5.41, 5.74) is -1.71. The molecule has 0 amide bonds. The molecule has 1 aromatic carbocycles. The summed E-state index contributed by atoms with van der Waals surface area (Å²) in [6.45, 7) is 6.82. The predicted molar refractivity (Wildman–Crippen MR) is 115 cm³/mol. The number of hydrogen-bond acceptors (Lipinski definition) is 7. The third kappa shape index (κ3) is 8.19. The Hall–Kier alpha value is 0.410. The largest absolute Gasteiger partial charge is 0.322 e. The van der Waals surface area contributed by atoms with Crippen LogP contribution in [0.4, 0.5) is 0 Å². The maximum Gasteiger partial charge on any atom is 0.254 e. The average molecular weight is 445 g/mol. The fraction of sp³-hybridized carbons (Fsp3) is 0.429. The summed E-state index contributed by atoms with van der Waals surface area (Å²) < 4.78 is 12.0. The lowest BCUT2D eigenvalue weighted by molar-refractivity contribution is 0.281. The van der Waals surface area contributed by atoms with Gasteiger partial charge in [0.1, 0.15) is 0 Å². The fourth-order valence-corrected chi connectivity index (χ4v) is 8.59. The van der Waals surface area contributed by atoms with Gasteiger partial charge in [0, 0.05) is 10.6 Å². The SMILES string of the molecule is CCOP(=S)(OCC)S/C(=N\N=C\c1ccc(Cl)cc1Cl)SCC. The van der Waals surface area contributed by atoms with Crippen molar-refractivity contribution in [1.82, 2.24) is 0 Å². The van der Waals surface area contributed by atoms with Crippen LogP contribution >= 0.6 is 52.0 Å². The smallest absolute Gasteiger partial charge is 0.254 e. The van der Waals surface area contributed by atoms with E-state index in [0.29, 0.717) is 27.6 Å². The number of hydrogen-bond donors (Lipinski definition) is 0. The molecule has 134 valence electrons. The number of nitrogens with zero attached hydrogens (tertiary/aromatic N) is 2. The molecule has 1 aromatic rings. The van der Waals surface area contributed by atoms with Crippen LogP contribution in [0.1, 0.15) is 26.3 Å². The predicted octanol–water partition coefficient (Wildman–Crippen LogP) is 6.47. The standard InChI is InChI=1S/C14H19Cl2N2O2PS3/c1-4-19-21(22,20-5-2)24-14(23-6-3)18-17-10-11-7-8-12(15)9-13(11)16/h7-10H,4-6H2,1-3H3/b17-10+,18-14-. The van der Waals surface area contributed by atoms with E-state index in [0.717, 1.165) is 11.3 Å². The topological polar surface area (TPSA) is 43.2 Å². The maximum atomic E-state index is 6.11. The molecule has 0 unspecified atom stereocenters. The van der Waals surface area contributed by atoms with Gasteiger partial charge in [0.2, 0.25) is 0 Å². The highest BCUT2D eigenvalue weighted by Crippen LogP contribution is 2.62. The van der Waals surface area contributed by atoms with Crippen LogP contribution in [0.5, 0.6) is 0 Å². The Balaban J connectivity index is 2.91. The third-order valence-corrected chi connectivity index (χ3v) is 9.22. The molecular formula is C14H19Cl2N2O2PS3. The zero-order valence-electron chi connectivity index (χ0n) is 13.6. The number of benzene rings is 1. The highest BCUT2D eigenvalue weighted by atomic mass is 35.5.